The van der Waals surface area contributed by atoms with E-state index >= 15 is 0 Å². The highest BCUT2D eigenvalue weighted by Crippen LogP contribution is 2.22. The van der Waals surface area contributed by atoms with Crippen LogP contribution in [0.15, 0.2) is 30.3 Å². The second-order valence-electron chi connectivity index (χ2n) is 5.78. The third kappa shape index (κ3) is 5.71. The molecular formula is C15H23NO2. The van der Waals surface area contributed by atoms with Crippen LogP contribution in [0.25, 0.3) is 0 Å². The molecule has 1 aromatic rings. The van der Waals surface area contributed by atoms with E-state index in [1.807, 2.05) is 30.3 Å². The monoisotopic (exact) mass is 249 g/mol. The maximum atomic E-state index is 10.7. The van der Waals surface area contributed by atoms with Crippen LogP contribution in [0.1, 0.15) is 33.6 Å². The van der Waals surface area contributed by atoms with Gasteiger partial charge in [-0.15, -0.1) is 0 Å². The molecule has 3 heteroatoms. The summed E-state index contributed by atoms with van der Waals surface area (Å²) in [5.41, 5.74) is 1.36. The van der Waals surface area contributed by atoms with E-state index in [0.717, 1.165) is 18.7 Å². The van der Waals surface area contributed by atoms with Crippen molar-refractivity contribution in [2.24, 2.45) is 5.41 Å². The molecule has 1 N–H and O–H groups in total. The fraction of sp³-hybridized carbons (Fsp3) is 0.533. The molecule has 1 aromatic carbocycles. The number of carboxylic acids is 1. The third-order valence-electron chi connectivity index (χ3n) is 2.85. The van der Waals surface area contributed by atoms with E-state index in [4.69, 9.17) is 5.11 Å². The zero-order valence-electron chi connectivity index (χ0n) is 11.5. The Bertz CT molecular complexity index is 368. The Morgan fingerprint density at radius 2 is 1.78 bits per heavy atom. The first kappa shape index (κ1) is 14.6. The van der Waals surface area contributed by atoms with Crippen LogP contribution in [0.2, 0.25) is 0 Å². The Balaban J connectivity index is 2.66. The molecular weight excluding hydrogens is 226 g/mol. The van der Waals surface area contributed by atoms with Crippen LogP contribution < -0.4 is 4.90 Å². The minimum Gasteiger partial charge on any atom is -0.481 e. The van der Waals surface area contributed by atoms with E-state index in [1.165, 1.54) is 0 Å². The largest absolute Gasteiger partial charge is 0.481 e. The Morgan fingerprint density at radius 3 is 2.28 bits per heavy atom. The number of hydrogen-bond acceptors (Lipinski definition) is 2. The lowest BCUT2D eigenvalue weighted by atomic mass is 9.92. The minimum absolute atomic E-state index is 0.180. The molecule has 1 rings (SSSR count). The van der Waals surface area contributed by atoms with Gasteiger partial charge in [-0.25, -0.2) is 0 Å². The van der Waals surface area contributed by atoms with Gasteiger partial charge in [0.1, 0.15) is 0 Å². The van der Waals surface area contributed by atoms with Gasteiger partial charge in [0.15, 0.2) is 0 Å². The zero-order chi connectivity index (χ0) is 13.6. The second-order valence-corrected chi connectivity index (χ2v) is 5.78. The van der Waals surface area contributed by atoms with Gasteiger partial charge in [-0.1, -0.05) is 39.0 Å². The number of hydrogen-bond donors (Lipinski definition) is 1. The number of para-hydroxylation sites is 1. The van der Waals surface area contributed by atoms with Gasteiger partial charge in [0.2, 0.25) is 0 Å². The van der Waals surface area contributed by atoms with Gasteiger partial charge >= 0.3 is 5.97 Å². The molecule has 0 saturated heterocycles. The normalized spacial score (nSPS) is 11.3. The number of carbonyl (C=O) groups is 1. The lowest BCUT2D eigenvalue weighted by Crippen LogP contribution is -2.29. The molecule has 0 fully saturated rings. The number of rotatable bonds is 6. The minimum atomic E-state index is -0.744. The van der Waals surface area contributed by atoms with Crippen molar-refractivity contribution in [3.05, 3.63) is 30.3 Å². The maximum absolute atomic E-state index is 10.7. The van der Waals surface area contributed by atoms with Crippen LogP contribution in [-0.2, 0) is 4.79 Å². The molecule has 0 spiro atoms. The molecule has 0 aromatic heterocycles. The number of nitrogens with zero attached hydrogens (tertiary/aromatic N) is 1. The van der Waals surface area contributed by atoms with Crippen molar-refractivity contribution in [2.45, 2.75) is 33.6 Å². The average Bonchev–Trinajstić information content (AvgIpc) is 2.28. The van der Waals surface area contributed by atoms with Gasteiger partial charge in [-0.2, -0.15) is 0 Å². The van der Waals surface area contributed by atoms with Gasteiger partial charge < -0.3 is 10.0 Å². The molecule has 0 aliphatic carbocycles. The summed E-state index contributed by atoms with van der Waals surface area (Å²) < 4.78 is 0. The number of benzene rings is 1. The molecule has 18 heavy (non-hydrogen) atoms. The molecule has 0 radical (unpaired) electrons. The van der Waals surface area contributed by atoms with Crippen LogP contribution in [0.3, 0.4) is 0 Å². The molecule has 0 bridgehead atoms. The Labute approximate surface area is 109 Å². The van der Waals surface area contributed by atoms with Gasteiger partial charge in [-0.3, -0.25) is 4.79 Å². The van der Waals surface area contributed by atoms with Crippen molar-refractivity contribution in [3.63, 3.8) is 0 Å². The smallest absolute Gasteiger partial charge is 0.305 e. The molecule has 0 heterocycles. The Kier molecular flexibility index (Phi) is 5.20. The Hall–Kier alpha value is -1.51. The highest BCUT2D eigenvalue weighted by molar-refractivity contribution is 5.67. The first-order valence-electron chi connectivity index (χ1n) is 6.40. The lowest BCUT2D eigenvalue weighted by Gasteiger charge is -2.28. The van der Waals surface area contributed by atoms with Gasteiger partial charge in [0.25, 0.3) is 0 Å². The topological polar surface area (TPSA) is 40.5 Å². The van der Waals surface area contributed by atoms with Crippen molar-refractivity contribution in [3.8, 4) is 0 Å². The van der Waals surface area contributed by atoms with E-state index in [-0.39, 0.29) is 11.8 Å². The average molecular weight is 249 g/mol. The summed E-state index contributed by atoms with van der Waals surface area (Å²) in [6, 6.07) is 10.0. The number of anilines is 1. The fourth-order valence-electron chi connectivity index (χ4n) is 1.71. The van der Waals surface area contributed by atoms with E-state index in [9.17, 15) is 4.79 Å². The van der Waals surface area contributed by atoms with E-state index < -0.39 is 5.97 Å². The van der Waals surface area contributed by atoms with Gasteiger partial charge in [-0.05, 0) is 24.0 Å². The summed E-state index contributed by atoms with van der Waals surface area (Å²) >= 11 is 0. The summed E-state index contributed by atoms with van der Waals surface area (Å²) in [5, 5.41) is 8.81. The molecule has 3 nitrogen and oxygen atoms in total. The molecule has 0 amide bonds. The van der Waals surface area contributed by atoms with Gasteiger partial charge in [0, 0.05) is 18.8 Å². The molecule has 0 atom stereocenters. The quantitative estimate of drug-likeness (QED) is 0.840. The summed E-state index contributed by atoms with van der Waals surface area (Å²) in [7, 11) is 0. The van der Waals surface area contributed by atoms with Crippen molar-refractivity contribution in [1.29, 1.82) is 0 Å². The third-order valence-corrected chi connectivity index (χ3v) is 2.85. The van der Waals surface area contributed by atoms with Crippen molar-refractivity contribution < 1.29 is 9.90 Å². The van der Waals surface area contributed by atoms with Crippen molar-refractivity contribution in [2.75, 3.05) is 18.0 Å². The number of carboxylic acid groups (broad SMARTS) is 1. The van der Waals surface area contributed by atoms with Crippen molar-refractivity contribution in [1.82, 2.24) is 0 Å². The van der Waals surface area contributed by atoms with Crippen LogP contribution in [0.4, 0.5) is 5.69 Å². The first-order chi connectivity index (χ1) is 8.38. The molecule has 0 aliphatic rings. The highest BCUT2D eigenvalue weighted by atomic mass is 16.4. The number of aliphatic carboxylic acids is 1. The fourth-order valence-corrected chi connectivity index (χ4v) is 1.71. The predicted octanol–water partition coefficient (Wildman–Crippen LogP) is 3.40. The molecule has 100 valence electrons. The summed E-state index contributed by atoms with van der Waals surface area (Å²) in [6.07, 6.45) is 1.22. The second kappa shape index (κ2) is 6.43. The lowest BCUT2D eigenvalue weighted by molar-refractivity contribution is -0.136. The predicted molar refractivity (Wildman–Crippen MR) is 75.0 cm³/mol. The molecule has 0 unspecified atom stereocenters. The molecule has 0 saturated carbocycles. The van der Waals surface area contributed by atoms with E-state index in [2.05, 4.69) is 25.7 Å². The van der Waals surface area contributed by atoms with E-state index in [0.29, 0.717) is 6.54 Å². The SMILES string of the molecule is CC(C)(C)CCN(CCC(=O)O)c1ccccc1. The van der Waals surface area contributed by atoms with Crippen LogP contribution in [0, 0.1) is 5.41 Å². The Morgan fingerprint density at radius 1 is 1.17 bits per heavy atom. The summed E-state index contributed by atoms with van der Waals surface area (Å²) in [6.45, 7) is 8.06. The van der Waals surface area contributed by atoms with Crippen LogP contribution in [0.5, 0.6) is 0 Å². The standard InChI is InChI=1S/C15H23NO2/c1-15(2,3)10-12-16(11-9-14(17)18)13-7-5-4-6-8-13/h4-8H,9-12H2,1-3H3,(H,17,18). The summed E-state index contributed by atoms with van der Waals surface area (Å²) in [5.74, 6) is -0.744. The van der Waals surface area contributed by atoms with E-state index in [1.54, 1.807) is 0 Å². The molecule has 0 aliphatic heterocycles. The maximum Gasteiger partial charge on any atom is 0.305 e. The van der Waals surface area contributed by atoms with Crippen LogP contribution >= 0.6 is 0 Å². The summed E-state index contributed by atoms with van der Waals surface area (Å²) in [4.78, 5) is 12.9. The first-order valence-corrected chi connectivity index (χ1v) is 6.40. The van der Waals surface area contributed by atoms with Crippen molar-refractivity contribution >= 4 is 11.7 Å². The van der Waals surface area contributed by atoms with Gasteiger partial charge in [0.05, 0.1) is 6.42 Å². The highest BCUT2D eigenvalue weighted by Gasteiger charge is 2.14. The van der Waals surface area contributed by atoms with Crippen LogP contribution in [-0.4, -0.2) is 24.2 Å². The zero-order valence-corrected chi connectivity index (χ0v) is 11.5.